The van der Waals surface area contributed by atoms with E-state index in [0.717, 1.165) is 16.3 Å². The van der Waals surface area contributed by atoms with E-state index < -0.39 is 6.04 Å². The smallest absolute Gasteiger partial charge is 0.255 e. The number of carbonyl (C=O) groups excluding carboxylic acids is 1. The number of para-hydroxylation sites is 1. The molecule has 0 heterocycles. The molecule has 1 amide bonds. The molecule has 0 spiro atoms. The number of amides is 1. The molecule has 1 atom stereocenters. The van der Waals surface area contributed by atoms with Crippen molar-refractivity contribution in [2.24, 2.45) is 0 Å². The van der Waals surface area contributed by atoms with Gasteiger partial charge in [-0.25, -0.2) is 0 Å². The Kier molecular flexibility index (Phi) is 5.16. The van der Waals surface area contributed by atoms with E-state index in [1.807, 2.05) is 66.7 Å². The van der Waals surface area contributed by atoms with E-state index in [2.05, 4.69) is 5.32 Å². The quantitative estimate of drug-likeness (QED) is 0.506. The Morgan fingerprint density at radius 2 is 1.55 bits per heavy atom. The lowest BCUT2D eigenvalue weighted by Crippen LogP contribution is -2.29. The lowest BCUT2D eigenvalue weighted by Gasteiger charge is -2.23. The molecule has 2 N–H and O–H groups in total. The molecule has 4 rings (SSSR count). The minimum absolute atomic E-state index is 0.137. The normalized spacial score (nSPS) is 11.8. The van der Waals surface area contributed by atoms with Crippen molar-refractivity contribution in [1.82, 2.24) is 5.32 Å². The van der Waals surface area contributed by atoms with Crippen LogP contribution >= 0.6 is 0 Å². The standard InChI is InChI=1S/C25H21NO3/c1-29-22-14-8-7-13-20(22)25(28)26-24(18-10-3-2-4-11-18)23-19-12-6-5-9-17(19)15-16-21(23)27/h2-16,24,27H,1H3,(H,26,28)/t24-/m0/s1. The molecule has 0 radical (unpaired) electrons. The number of phenolic OH excluding ortho intramolecular Hbond substituents is 1. The van der Waals surface area contributed by atoms with Crippen LogP contribution in [-0.2, 0) is 0 Å². The van der Waals surface area contributed by atoms with Crippen LogP contribution < -0.4 is 10.1 Å². The summed E-state index contributed by atoms with van der Waals surface area (Å²) in [5, 5.41) is 15.7. The van der Waals surface area contributed by atoms with Crippen molar-refractivity contribution in [2.45, 2.75) is 6.04 Å². The van der Waals surface area contributed by atoms with Crippen LogP contribution in [0.25, 0.3) is 10.8 Å². The zero-order valence-electron chi connectivity index (χ0n) is 16.0. The number of aromatic hydroxyl groups is 1. The van der Waals surface area contributed by atoms with Crippen LogP contribution in [0.1, 0.15) is 27.5 Å². The summed E-state index contributed by atoms with van der Waals surface area (Å²) in [5.74, 6) is 0.362. The summed E-state index contributed by atoms with van der Waals surface area (Å²) in [5.41, 5.74) is 1.98. The van der Waals surface area contributed by atoms with Crippen molar-refractivity contribution >= 4 is 16.7 Å². The summed E-state index contributed by atoms with van der Waals surface area (Å²) in [6.45, 7) is 0. The maximum Gasteiger partial charge on any atom is 0.255 e. The van der Waals surface area contributed by atoms with Crippen LogP contribution in [0.2, 0.25) is 0 Å². The Morgan fingerprint density at radius 3 is 2.34 bits per heavy atom. The number of phenols is 1. The topological polar surface area (TPSA) is 58.6 Å². The maximum atomic E-state index is 13.2. The van der Waals surface area contributed by atoms with E-state index in [9.17, 15) is 9.90 Å². The monoisotopic (exact) mass is 383 g/mol. The van der Waals surface area contributed by atoms with Gasteiger partial charge in [0.05, 0.1) is 18.7 Å². The third-order valence-electron chi connectivity index (χ3n) is 5.00. The number of ether oxygens (including phenoxy) is 1. The predicted octanol–water partition coefficient (Wildman–Crippen LogP) is 5.07. The summed E-state index contributed by atoms with van der Waals surface area (Å²) in [7, 11) is 1.54. The first kappa shape index (κ1) is 18.6. The zero-order chi connectivity index (χ0) is 20.2. The first-order valence-corrected chi connectivity index (χ1v) is 9.38. The Balaban J connectivity index is 1.85. The van der Waals surface area contributed by atoms with Crippen LogP contribution in [0.4, 0.5) is 0 Å². The number of hydrogen-bond donors (Lipinski definition) is 2. The van der Waals surface area contributed by atoms with E-state index in [1.54, 1.807) is 24.3 Å². The molecule has 4 aromatic rings. The molecule has 0 aliphatic heterocycles. The SMILES string of the molecule is COc1ccccc1C(=O)N[C@@H](c1ccccc1)c1c(O)ccc2ccccc12. The van der Waals surface area contributed by atoms with Gasteiger partial charge < -0.3 is 15.2 Å². The van der Waals surface area contributed by atoms with E-state index in [-0.39, 0.29) is 11.7 Å². The zero-order valence-corrected chi connectivity index (χ0v) is 16.0. The molecule has 29 heavy (non-hydrogen) atoms. The van der Waals surface area contributed by atoms with Gasteiger partial charge >= 0.3 is 0 Å². The summed E-state index contributed by atoms with van der Waals surface area (Å²) in [4.78, 5) is 13.2. The molecule has 4 aromatic carbocycles. The largest absolute Gasteiger partial charge is 0.508 e. The van der Waals surface area contributed by atoms with Gasteiger partial charge in [-0.1, -0.05) is 72.8 Å². The van der Waals surface area contributed by atoms with Gasteiger partial charge in [-0.15, -0.1) is 0 Å². The highest BCUT2D eigenvalue weighted by molar-refractivity contribution is 5.98. The van der Waals surface area contributed by atoms with Crippen molar-refractivity contribution in [1.29, 1.82) is 0 Å². The van der Waals surface area contributed by atoms with Gasteiger partial charge in [0, 0.05) is 5.56 Å². The summed E-state index contributed by atoms with van der Waals surface area (Å²) >= 11 is 0. The first-order chi connectivity index (χ1) is 14.2. The predicted molar refractivity (Wildman–Crippen MR) is 114 cm³/mol. The minimum Gasteiger partial charge on any atom is -0.508 e. The number of rotatable bonds is 5. The van der Waals surface area contributed by atoms with Gasteiger partial charge in [-0.3, -0.25) is 4.79 Å². The Morgan fingerprint density at radius 1 is 0.862 bits per heavy atom. The van der Waals surface area contributed by atoms with E-state index in [0.29, 0.717) is 16.9 Å². The lowest BCUT2D eigenvalue weighted by molar-refractivity contribution is 0.0940. The van der Waals surface area contributed by atoms with Crippen molar-refractivity contribution < 1.29 is 14.6 Å². The van der Waals surface area contributed by atoms with Crippen LogP contribution in [0.3, 0.4) is 0 Å². The second-order valence-electron chi connectivity index (χ2n) is 6.74. The van der Waals surface area contributed by atoms with Crippen LogP contribution in [0.5, 0.6) is 11.5 Å². The number of nitrogens with one attached hydrogen (secondary N) is 1. The molecule has 0 aliphatic rings. The molecular formula is C25H21NO3. The molecule has 0 unspecified atom stereocenters. The summed E-state index contributed by atoms with van der Waals surface area (Å²) in [6, 6.07) is 27.6. The highest BCUT2D eigenvalue weighted by atomic mass is 16.5. The number of carbonyl (C=O) groups is 1. The fraction of sp³-hybridized carbons (Fsp3) is 0.0800. The fourth-order valence-electron chi connectivity index (χ4n) is 3.60. The average molecular weight is 383 g/mol. The van der Waals surface area contributed by atoms with Crippen molar-refractivity contribution in [3.63, 3.8) is 0 Å². The first-order valence-electron chi connectivity index (χ1n) is 9.38. The fourth-order valence-corrected chi connectivity index (χ4v) is 3.60. The number of benzene rings is 4. The third-order valence-corrected chi connectivity index (χ3v) is 5.00. The molecule has 0 saturated heterocycles. The third kappa shape index (κ3) is 3.65. The molecule has 4 heteroatoms. The molecular weight excluding hydrogens is 362 g/mol. The van der Waals surface area contributed by atoms with Gasteiger partial charge in [0.2, 0.25) is 0 Å². The molecule has 0 saturated carbocycles. The summed E-state index contributed by atoms with van der Waals surface area (Å²) < 4.78 is 5.34. The van der Waals surface area contributed by atoms with Crippen LogP contribution in [0.15, 0.2) is 91.0 Å². The number of methoxy groups -OCH3 is 1. The Bertz CT molecular complexity index is 1160. The summed E-state index contributed by atoms with van der Waals surface area (Å²) in [6.07, 6.45) is 0. The van der Waals surface area contributed by atoms with Gasteiger partial charge in [-0.2, -0.15) is 0 Å². The maximum absolute atomic E-state index is 13.2. The van der Waals surface area contributed by atoms with E-state index in [1.165, 1.54) is 7.11 Å². The average Bonchev–Trinajstić information content (AvgIpc) is 2.78. The number of fused-ring (bicyclic) bond motifs is 1. The minimum atomic E-state index is -0.528. The molecule has 0 fully saturated rings. The second kappa shape index (κ2) is 8.07. The van der Waals surface area contributed by atoms with Crippen LogP contribution in [-0.4, -0.2) is 18.1 Å². The Hall–Kier alpha value is -3.79. The van der Waals surface area contributed by atoms with Gasteiger partial charge in [0.15, 0.2) is 0 Å². The molecule has 144 valence electrons. The van der Waals surface area contributed by atoms with Crippen molar-refractivity contribution in [3.8, 4) is 11.5 Å². The lowest BCUT2D eigenvalue weighted by atomic mass is 9.92. The highest BCUT2D eigenvalue weighted by Gasteiger charge is 2.24. The second-order valence-corrected chi connectivity index (χ2v) is 6.74. The van der Waals surface area contributed by atoms with Crippen LogP contribution in [0, 0.1) is 0 Å². The van der Waals surface area contributed by atoms with E-state index in [4.69, 9.17) is 4.74 Å². The van der Waals surface area contributed by atoms with Crippen molar-refractivity contribution in [3.05, 3.63) is 108 Å². The van der Waals surface area contributed by atoms with Gasteiger partial charge in [0.25, 0.3) is 5.91 Å². The Labute approximate surface area is 169 Å². The number of hydrogen-bond acceptors (Lipinski definition) is 3. The molecule has 0 aliphatic carbocycles. The highest BCUT2D eigenvalue weighted by Crippen LogP contribution is 2.36. The van der Waals surface area contributed by atoms with Gasteiger partial charge in [-0.05, 0) is 34.5 Å². The van der Waals surface area contributed by atoms with E-state index >= 15 is 0 Å². The molecule has 4 nitrogen and oxygen atoms in total. The van der Waals surface area contributed by atoms with Gasteiger partial charge in [0.1, 0.15) is 11.5 Å². The molecule has 0 bridgehead atoms. The van der Waals surface area contributed by atoms with Crippen molar-refractivity contribution in [2.75, 3.05) is 7.11 Å². The molecule has 0 aromatic heterocycles.